The largest absolute Gasteiger partial charge is 0.312 e. The summed E-state index contributed by atoms with van der Waals surface area (Å²) in [7, 11) is 0. The molecule has 32 atom stereocenters. The van der Waals surface area contributed by atoms with Crippen molar-refractivity contribution in [2.24, 2.45) is 47.3 Å². The fraction of sp³-hybridized carbons (Fsp3) is 1.00. The van der Waals surface area contributed by atoms with Crippen LogP contribution in [0.4, 0.5) is 35.1 Å². The summed E-state index contributed by atoms with van der Waals surface area (Å²) < 4.78 is 138. The first-order valence-electron chi connectivity index (χ1n) is 51.8. The lowest BCUT2D eigenvalue weighted by molar-refractivity contribution is -0.0872. The van der Waals surface area contributed by atoms with Crippen molar-refractivity contribution in [3.8, 4) is 0 Å². The lowest BCUT2D eigenvalue weighted by Crippen LogP contribution is -2.76. The van der Waals surface area contributed by atoms with Crippen LogP contribution in [0.25, 0.3) is 0 Å². The molecule has 0 amide bonds. The van der Waals surface area contributed by atoms with Gasteiger partial charge in [0, 0.05) is 95.7 Å². The highest BCUT2D eigenvalue weighted by atomic mass is 19.2. The predicted octanol–water partition coefficient (Wildman–Crippen LogP) is 17.6. The molecule has 9 fully saturated rings. The van der Waals surface area contributed by atoms with Crippen molar-refractivity contribution in [3.05, 3.63) is 0 Å². The number of unbranched alkanes of at least 4 members (excludes halogenated alkanes) is 40. The number of hydrogen-bond donors (Lipinski definition) is 16. The van der Waals surface area contributed by atoms with Gasteiger partial charge < -0.3 is 42.5 Å². The summed E-state index contributed by atoms with van der Waals surface area (Å²) in [6, 6.07) is -1.20. The highest BCUT2D eigenvalue weighted by Crippen LogP contribution is 2.50. The van der Waals surface area contributed by atoms with Gasteiger partial charge in [0.1, 0.15) is 24.7 Å². The van der Waals surface area contributed by atoms with Crippen molar-refractivity contribution >= 4 is 0 Å². The number of halogens is 8. The van der Waals surface area contributed by atoms with Crippen molar-refractivity contribution in [2.75, 3.05) is 52.4 Å². The summed E-state index contributed by atoms with van der Waals surface area (Å²) >= 11 is 0. The molecular weight excluding hydrogens is 1530 g/mol. The van der Waals surface area contributed by atoms with Crippen molar-refractivity contribution in [1.29, 1.82) is 0 Å². The fourth-order valence-corrected chi connectivity index (χ4v) is 23.7. The van der Waals surface area contributed by atoms with Gasteiger partial charge in [0.2, 0.25) is 0 Å². The predicted molar refractivity (Wildman–Crippen MR) is 484 cm³/mol. The summed E-state index contributed by atoms with van der Waals surface area (Å²) in [5.74, 6) is -7.08. The van der Waals surface area contributed by atoms with Gasteiger partial charge in [-0.1, -0.05) is 312 Å². The Kier molecular flexibility index (Phi) is 49.4. The smallest absolute Gasteiger partial charge is 0.165 e. The van der Waals surface area contributed by atoms with E-state index in [1.54, 1.807) is 0 Å². The highest BCUT2D eigenvalue weighted by molar-refractivity contribution is 5.23. The van der Waals surface area contributed by atoms with Crippen LogP contribution in [-0.2, 0) is 0 Å². The minimum Gasteiger partial charge on any atom is -0.312 e. The summed E-state index contributed by atoms with van der Waals surface area (Å²) in [6.07, 6.45) is 26.2. The fourth-order valence-electron chi connectivity index (χ4n) is 23.7. The first-order chi connectivity index (χ1) is 58.7. The molecule has 32 unspecified atom stereocenters. The van der Waals surface area contributed by atoms with Gasteiger partial charge in [0.05, 0.1) is 49.3 Å². The first kappa shape index (κ1) is 103. The van der Waals surface area contributed by atoms with Gasteiger partial charge in [-0.25, -0.2) is 35.1 Å². The maximum absolute atomic E-state index is 17.9. The summed E-state index contributed by atoms with van der Waals surface area (Å²) in [5, 5.41) is 66.6. The van der Waals surface area contributed by atoms with Crippen molar-refractivity contribution in [3.63, 3.8) is 0 Å². The zero-order valence-corrected chi connectivity index (χ0v) is 77.1. The number of rotatable bonds is 64. The van der Waals surface area contributed by atoms with Gasteiger partial charge in [-0.2, -0.15) is 0 Å². The van der Waals surface area contributed by atoms with E-state index < -0.39 is 122 Å². The van der Waals surface area contributed by atoms with E-state index in [1.807, 2.05) is 0 Å². The average molecular weight is 1710 g/mol. The Hall–Kier alpha value is -1.20. The lowest BCUT2D eigenvalue weighted by Gasteiger charge is -2.54. The van der Waals surface area contributed by atoms with E-state index in [0.717, 1.165) is 206 Å². The molecule has 704 valence electrons. The van der Waals surface area contributed by atoms with E-state index in [9.17, 15) is 0 Å². The molecule has 9 aliphatic rings. The van der Waals surface area contributed by atoms with Gasteiger partial charge in [-0.05, 0) is 104 Å². The van der Waals surface area contributed by atoms with Crippen molar-refractivity contribution in [2.45, 2.75) is 511 Å². The molecule has 4 saturated carbocycles. The molecule has 8 bridgehead atoms. The molecule has 5 saturated heterocycles. The minimum atomic E-state index is -2.82. The van der Waals surface area contributed by atoms with Crippen molar-refractivity contribution in [1.82, 2.24) is 85.1 Å². The van der Waals surface area contributed by atoms with Gasteiger partial charge in [0.15, 0.2) is 24.7 Å². The summed E-state index contributed by atoms with van der Waals surface area (Å²) in [5.41, 5.74) is 0. The third-order valence-electron chi connectivity index (χ3n) is 30.3. The Bertz CT molecular complexity index is 2430. The molecule has 24 heteroatoms. The van der Waals surface area contributed by atoms with Gasteiger partial charge in [-0.15, -0.1) is 0 Å². The van der Waals surface area contributed by atoms with Crippen LogP contribution in [0, 0.1) is 47.3 Å². The van der Waals surface area contributed by atoms with Gasteiger partial charge in [0.25, 0.3) is 0 Å². The maximum atomic E-state index is 17.9. The molecule has 5 aliphatic heterocycles. The molecule has 0 radical (unpaired) electrons. The quantitative estimate of drug-likeness (QED) is 0.0203. The molecule has 0 spiro atoms. The van der Waals surface area contributed by atoms with E-state index >= 15 is 35.1 Å². The Morgan fingerprint density at radius 2 is 0.258 bits per heavy atom. The molecule has 9 rings (SSSR count). The van der Waals surface area contributed by atoms with Crippen LogP contribution in [0.15, 0.2) is 0 Å². The molecule has 0 aromatic carbocycles. The van der Waals surface area contributed by atoms with Crippen LogP contribution in [-0.4, -0.2) is 199 Å². The van der Waals surface area contributed by atoms with Crippen molar-refractivity contribution < 1.29 is 35.1 Å². The Morgan fingerprint density at radius 1 is 0.142 bits per heavy atom. The lowest BCUT2D eigenvalue weighted by atomic mass is 9.66. The third kappa shape index (κ3) is 29.4. The molecular formula is C96H184F8N16. The Labute approximate surface area is 726 Å². The monoisotopic (exact) mass is 1710 g/mol. The number of fused-ring (bicyclic) bond motifs is 20. The molecule has 0 aromatic heterocycles. The third-order valence-corrected chi connectivity index (χ3v) is 30.3. The average Bonchev–Trinajstić information content (AvgIpc) is 1.55. The molecule has 0 aromatic rings. The summed E-state index contributed by atoms with van der Waals surface area (Å²) in [6.45, 7) is 24.5. The number of nitrogens with one attached hydrogen (secondary N) is 16. The summed E-state index contributed by atoms with van der Waals surface area (Å²) in [4.78, 5) is 0. The Morgan fingerprint density at radius 3 is 0.400 bits per heavy atom. The zero-order valence-electron chi connectivity index (χ0n) is 77.1. The van der Waals surface area contributed by atoms with Crippen LogP contribution in [0.1, 0.15) is 364 Å². The number of hydrogen-bond acceptors (Lipinski definition) is 16. The van der Waals surface area contributed by atoms with Crippen LogP contribution < -0.4 is 85.1 Å². The second-order valence-electron chi connectivity index (χ2n) is 39.3. The minimum absolute atomic E-state index is 0.0914. The number of alkyl halides is 8. The molecule has 4 aliphatic carbocycles. The van der Waals surface area contributed by atoms with E-state index in [2.05, 4.69) is 140 Å². The van der Waals surface area contributed by atoms with Gasteiger partial charge >= 0.3 is 0 Å². The topological polar surface area (TPSA) is 192 Å². The van der Waals surface area contributed by atoms with Crippen LogP contribution in [0.2, 0.25) is 0 Å². The van der Waals surface area contributed by atoms with E-state index in [0.29, 0.717) is 0 Å². The Balaban J connectivity index is 1.26. The van der Waals surface area contributed by atoms with Crippen LogP contribution in [0.5, 0.6) is 0 Å². The standard InChI is InChI=1S/C96H184F8N16/c1-9-17-25-33-41-49-57-105-81-69-71(83(107-59-51-43-35-27-19-11-3)87(111-63-55-47-39-31-23-15-7)85(81)109-61-53-45-37-29-21-13-5)95-118-93(69)116-91-67-65(73(97)77(101)79(103)75(67)99)89(114-91)113-90-66-68(76(100)80(104)78(102)74(66)98)92(115-90)117-94-70-72(96(119-94)120-95)84(108-60-52-44-36-28-20-12-4)88(112-64-56-48-40-32-24-16-8)86(110-62-54-46-38-30-22-14-6)82(70)106-58-50-42-34-26-18-10-2/h65-96,105-120H,9-64H2,1-8H3. The molecule has 16 N–H and O–H groups in total. The van der Waals surface area contributed by atoms with E-state index in [4.69, 9.17) is 0 Å². The molecule has 120 heavy (non-hydrogen) atoms. The second-order valence-corrected chi connectivity index (χ2v) is 39.3. The highest BCUT2D eigenvalue weighted by Gasteiger charge is 2.68. The van der Waals surface area contributed by atoms with Gasteiger partial charge in [-0.3, -0.25) is 42.5 Å². The second kappa shape index (κ2) is 57.8. The first-order valence-corrected chi connectivity index (χ1v) is 51.8. The maximum Gasteiger partial charge on any atom is 0.165 e. The SMILES string of the molecule is CCCCCCCCNC1C(NCCCCCCCC)C(NCCCCCCCC)C2C3NC(NC4NC(NC5NC(NC6NC(N3)C3C(NCCCCCCCC)C(NCCCCCCCC)C(NCCCCCCCC)C(NCCCCCCCC)C63)C3C(F)C(F)C(F)C(F)C53)C3C(F)C(F)C(F)C(F)C43)C2C1NCCCCCCCC. The van der Waals surface area contributed by atoms with E-state index in [1.165, 1.54) is 154 Å². The van der Waals surface area contributed by atoms with Crippen LogP contribution in [0.3, 0.4) is 0 Å². The molecule has 16 nitrogen and oxygen atoms in total. The zero-order chi connectivity index (χ0) is 85.4. The van der Waals surface area contributed by atoms with E-state index in [-0.39, 0.29) is 72.0 Å². The normalized spacial score (nSPS) is 37.2. The van der Waals surface area contributed by atoms with Crippen LogP contribution >= 0.6 is 0 Å². The molecule has 5 heterocycles.